The molecule has 8 heavy (non-hydrogen) atoms. The first kappa shape index (κ1) is 6.39. The van der Waals surface area contributed by atoms with Gasteiger partial charge in [-0.3, -0.25) is 4.72 Å². The average molecular weight is 133 g/mol. The molecule has 0 spiro atoms. The van der Waals surface area contributed by atoms with Crippen molar-refractivity contribution in [1.82, 2.24) is 4.72 Å². The Morgan fingerprint density at radius 2 is 2.38 bits per heavy atom. The van der Waals surface area contributed by atoms with E-state index in [4.69, 9.17) is 4.74 Å². The molecule has 1 N–H and O–H groups in total. The van der Waals surface area contributed by atoms with Crippen LogP contribution in [0.15, 0.2) is 0 Å². The number of nitrogens with one attached hydrogen (secondary N) is 1. The van der Waals surface area contributed by atoms with Gasteiger partial charge in [-0.2, -0.15) is 0 Å². The second kappa shape index (κ2) is 2.71. The highest BCUT2D eigenvalue weighted by atomic mass is 32.2. The fourth-order valence-electron chi connectivity index (χ4n) is 0.686. The van der Waals surface area contributed by atoms with Gasteiger partial charge in [0.1, 0.15) is 5.44 Å². The first-order valence-corrected chi connectivity index (χ1v) is 3.71. The van der Waals surface area contributed by atoms with Gasteiger partial charge in [0.2, 0.25) is 0 Å². The third kappa shape index (κ3) is 1.65. The Labute approximate surface area is 54.1 Å². The minimum atomic E-state index is 0.318. The molecule has 1 saturated heterocycles. The molecule has 48 valence electrons. The van der Waals surface area contributed by atoms with Crippen LogP contribution in [0.25, 0.3) is 0 Å². The molecule has 0 saturated carbocycles. The Morgan fingerprint density at radius 3 is 2.75 bits per heavy atom. The maximum atomic E-state index is 5.39. The van der Waals surface area contributed by atoms with E-state index >= 15 is 0 Å². The molecule has 1 heterocycles. The Bertz CT molecular complexity index is 70.8. The summed E-state index contributed by atoms with van der Waals surface area (Å²) in [7, 11) is 0. The van der Waals surface area contributed by atoms with E-state index in [1.165, 1.54) is 0 Å². The summed E-state index contributed by atoms with van der Waals surface area (Å²) in [6.45, 7) is 5.09. The van der Waals surface area contributed by atoms with Crippen molar-refractivity contribution in [2.24, 2.45) is 0 Å². The molecule has 0 bridgehead atoms. The summed E-state index contributed by atoms with van der Waals surface area (Å²) in [5, 5.41) is 0. The normalized spacial score (nSPS) is 39.8. The molecule has 3 heteroatoms. The summed E-state index contributed by atoms with van der Waals surface area (Å²) in [5.74, 6) is 0. The van der Waals surface area contributed by atoms with Crippen LogP contribution in [-0.4, -0.2) is 18.1 Å². The summed E-state index contributed by atoms with van der Waals surface area (Å²) in [5.41, 5.74) is 0.318. The van der Waals surface area contributed by atoms with Crippen molar-refractivity contribution >= 4 is 11.9 Å². The third-order valence-electron chi connectivity index (χ3n) is 1.04. The molecule has 1 aliphatic heterocycles. The van der Waals surface area contributed by atoms with Crippen LogP contribution in [0.5, 0.6) is 0 Å². The fourth-order valence-corrected chi connectivity index (χ4v) is 1.50. The summed E-state index contributed by atoms with van der Waals surface area (Å²) in [6, 6.07) is 0. The van der Waals surface area contributed by atoms with E-state index in [2.05, 4.69) is 11.6 Å². The standard InChI is InChI=1S/C5H11NOS/c1-4-3-6-8-5(2)7-4/h4-6H,3H2,1-2H3. The van der Waals surface area contributed by atoms with Gasteiger partial charge < -0.3 is 4.74 Å². The van der Waals surface area contributed by atoms with Crippen LogP contribution >= 0.6 is 11.9 Å². The van der Waals surface area contributed by atoms with Gasteiger partial charge in [0, 0.05) is 6.54 Å². The minimum absolute atomic E-state index is 0.318. The monoisotopic (exact) mass is 133 g/mol. The molecule has 2 unspecified atom stereocenters. The predicted molar refractivity (Wildman–Crippen MR) is 35.6 cm³/mol. The van der Waals surface area contributed by atoms with E-state index in [0.29, 0.717) is 11.5 Å². The minimum Gasteiger partial charge on any atom is -0.362 e. The Balaban J connectivity index is 2.23. The molecule has 0 aromatic rings. The lowest BCUT2D eigenvalue weighted by Crippen LogP contribution is -2.32. The zero-order valence-corrected chi connectivity index (χ0v) is 5.99. The van der Waals surface area contributed by atoms with Crippen molar-refractivity contribution in [1.29, 1.82) is 0 Å². The van der Waals surface area contributed by atoms with Crippen molar-refractivity contribution in [3.8, 4) is 0 Å². The van der Waals surface area contributed by atoms with Gasteiger partial charge >= 0.3 is 0 Å². The van der Waals surface area contributed by atoms with Crippen LogP contribution < -0.4 is 4.72 Å². The van der Waals surface area contributed by atoms with Crippen LogP contribution in [0.1, 0.15) is 13.8 Å². The van der Waals surface area contributed by atoms with E-state index in [0.717, 1.165) is 6.54 Å². The predicted octanol–water partition coefficient (Wildman–Crippen LogP) is 0.989. The van der Waals surface area contributed by atoms with Gasteiger partial charge in [-0.15, -0.1) is 0 Å². The Morgan fingerprint density at radius 1 is 1.62 bits per heavy atom. The first-order valence-electron chi connectivity index (χ1n) is 2.83. The fraction of sp³-hybridized carbons (Fsp3) is 1.00. The highest BCUT2D eigenvalue weighted by molar-refractivity contribution is 7.97. The Kier molecular flexibility index (Phi) is 2.16. The molecule has 1 fully saturated rings. The summed E-state index contributed by atoms with van der Waals surface area (Å²) >= 11 is 1.65. The van der Waals surface area contributed by atoms with E-state index < -0.39 is 0 Å². The van der Waals surface area contributed by atoms with Crippen LogP contribution in [0, 0.1) is 0 Å². The SMILES string of the molecule is CC1CNSC(C)O1. The number of rotatable bonds is 0. The van der Waals surface area contributed by atoms with Crippen molar-refractivity contribution in [3.63, 3.8) is 0 Å². The molecule has 0 aromatic heterocycles. The second-order valence-corrected chi connectivity index (χ2v) is 3.17. The summed E-state index contributed by atoms with van der Waals surface area (Å²) in [6.07, 6.45) is 0.381. The van der Waals surface area contributed by atoms with Gasteiger partial charge in [-0.25, -0.2) is 0 Å². The van der Waals surface area contributed by atoms with Crippen molar-refractivity contribution < 1.29 is 4.74 Å². The lowest BCUT2D eigenvalue weighted by Gasteiger charge is -2.24. The zero-order chi connectivity index (χ0) is 5.98. The van der Waals surface area contributed by atoms with Crippen molar-refractivity contribution in [2.75, 3.05) is 6.54 Å². The van der Waals surface area contributed by atoms with Gasteiger partial charge in [0.25, 0.3) is 0 Å². The van der Waals surface area contributed by atoms with Crippen LogP contribution in [0.2, 0.25) is 0 Å². The second-order valence-electron chi connectivity index (χ2n) is 1.98. The molecule has 1 rings (SSSR count). The lowest BCUT2D eigenvalue weighted by atomic mass is 10.4. The lowest BCUT2D eigenvalue weighted by molar-refractivity contribution is 0.0508. The number of ether oxygens (including phenoxy) is 1. The maximum Gasteiger partial charge on any atom is 0.114 e. The van der Waals surface area contributed by atoms with E-state index in [-0.39, 0.29) is 0 Å². The molecule has 0 amide bonds. The average Bonchev–Trinajstić information content (AvgIpc) is 1.64. The topological polar surface area (TPSA) is 21.3 Å². The van der Waals surface area contributed by atoms with Gasteiger partial charge in [-0.05, 0) is 25.8 Å². The molecule has 0 aliphatic carbocycles. The largest absolute Gasteiger partial charge is 0.362 e. The highest BCUT2D eigenvalue weighted by Crippen LogP contribution is 2.14. The molecule has 0 aromatic carbocycles. The molecular weight excluding hydrogens is 122 g/mol. The van der Waals surface area contributed by atoms with E-state index in [1.807, 2.05) is 6.92 Å². The van der Waals surface area contributed by atoms with E-state index in [1.54, 1.807) is 11.9 Å². The third-order valence-corrected chi connectivity index (χ3v) is 1.82. The number of hydrogen-bond acceptors (Lipinski definition) is 3. The Hall–Kier alpha value is 0.270. The molecule has 2 nitrogen and oxygen atoms in total. The molecule has 0 radical (unpaired) electrons. The molecular formula is C5H11NOS. The van der Waals surface area contributed by atoms with Crippen LogP contribution in [0.4, 0.5) is 0 Å². The highest BCUT2D eigenvalue weighted by Gasteiger charge is 2.13. The quantitative estimate of drug-likeness (QED) is 0.498. The molecule has 2 atom stereocenters. The van der Waals surface area contributed by atoms with Crippen molar-refractivity contribution in [2.45, 2.75) is 25.4 Å². The van der Waals surface area contributed by atoms with Gasteiger partial charge in [0.15, 0.2) is 0 Å². The molecule has 1 aliphatic rings. The van der Waals surface area contributed by atoms with Crippen LogP contribution in [0.3, 0.4) is 0 Å². The maximum absolute atomic E-state index is 5.39. The van der Waals surface area contributed by atoms with Gasteiger partial charge in [-0.1, -0.05) is 0 Å². The first-order chi connectivity index (χ1) is 3.79. The van der Waals surface area contributed by atoms with Gasteiger partial charge in [0.05, 0.1) is 6.10 Å². The van der Waals surface area contributed by atoms with E-state index in [9.17, 15) is 0 Å². The van der Waals surface area contributed by atoms with Crippen molar-refractivity contribution in [3.05, 3.63) is 0 Å². The van der Waals surface area contributed by atoms with Crippen LogP contribution in [-0.2, 0) is 4.74 Å². The smallest absolute Gasteiger partial charge is 0.114 e. The summed E-state index contributed by atoms with van der Waals surface area (Å²) in [4.78, 5) is 0. The number of hydrogen-bond donors (Lipinski definition) is 1. The zero-order valence-electron chi connectivity index (χ0n) is 5.18. The summed E-state index contributed by atoms with van der Waals surface area (Å²) < 4.78 is 8.56.